The molecule has 10 nitrogen and oxygen atoms in total. The largest absolute Gasteiger partial charge is 0.508 e. The highest BCUT2D eigenvalue weighted by molar-refractivity contribution is 5.94. The van der Waals surface area contributed by atoms with Crippen LogP contribution in [0, 0.1) is 0 Å². The smallest absolute Gasteiger partial charge is 0.408 e. The third-order valence-electron chi connectivity index (χ3n) is 4.99. The zero-order chi connectivity index (χ0) is 26.6. The summed E-state index contributed by atoms with van der Waals surface area (Å²) in [5.41, 5.74) is 5.02. The van der Waals surface area contributed by atoms with Crippen LogP contribution in [0.15, 0.2) is 24.3 Å². The first-order valence-electron chi connectivity index (χ1n) is 12.0. The molecule has 0 aliphatic heterocycles. The zero-order valence-corrected chi connectivity index (χ0v) is 21.4. The molecule has 0 aromatic heterocycles. The molecular formula is C25H40N4O6. The average molecular weight is 493 g/mol. The Bertz CT molecular complexity index is 851. The van der Waals surface area contributed by atoms with Crippen molar-refractivity contribution >= 4 is 23.8 Å². The van der Waals surface area contributed by atoms with Gasteiger partial charge in [0.1, 0.15) is 23.4 Å². The Morgan fingerprint density at radius 3 is 2.20 bits per heavy atom. The fourth-order valence-electron chi connectivity index (χ4n) is 3.47. The number of primary amides is 1. The maximum atomic E-state index is 13.7. The first kappa shape index (κ1) is 29.7. The third kappa shape index (κ3) is 10.7. The number of amides is 4. The van der Waals surface area contributed by atoms with Gasteiger partial charge in [-0.05, 0) is 51.3 Å². The van der Waals surface area contributed by atoms with E-state index in [0.717, 1.165) is 19.3 Å². The minimum absolute atomic E-state index is 0.0161. The van der Waals surface area contributed by atoms with Gasteiger partial charge in [0, 0.05) is 13.1 Å². The molecule has 0 fully saturated rings. The highest BCUT2D eigenvalue weighted by Gasteiger charge is 2.36. The Morgan fingerprint density at radius 2 is 1.69 bits per heavy atom. The molecule has 0 radical (unpaired) electrons. The molecular weight excluding hydrogens is 452 g/mol. The van der Waals surface area contributed by atoms with Crippen LogP contribution in [0.1, 0.15) is 78.3 Å². The molecule has 1 aromatic rings. The second-order valence-electron chi connectivity index (χ2n) is 9.39. The van der Waals surface area contributed by atoms with Gasteiger partial charge in [0.25, 0.3) is 0 Å². The molecule has 0 aliphatic rings. The second-order valence-corrected chi connectivity index (χ2v) is 9.39. The summed E-state index contributed by atoms with van der Waals surface area (Å²) in [5.74, 6) is -1.81. The Labute approximate surface area is 207 Å². The first-order chi connectivity index (χ1) is 16.4. The molecule has 2 unspecified atom stereocenters. The van der Waals surface area contributed by atoms with Gasteiger partial charge in [-0.3, -0.25) is 14.4 Å². The maximum Gasteiger partial charge on any atom is 0.408 e. The number of nitrogens with two attached hydrogens (primary N) is 1. The molecule has 1 aromatic carbocycles. The van der Waals surface area contributed by atoms with Gasteiger partial charge in [-0.1, -0.05) is 38.8 Å². The second kappa shape index (κ2) is 14.2. The van der Waals surface area contributed by atoms with Gasteiger partial charge in [0.05, 0.1) is 6.42 Å². The molecule has 5 N–H and O–H groups in total. The van der Waals surface area contributed by atoms with Gasteiger partial charge in [-0.15, -0.1) is 0 Å². The fourth-order valence-corrected chi connectivity index (χ4v) is 3.47. The molecule has 0 spiro atoms. The van der Waals surface area contributed by atoms with Crippen LogP contribution in [-0.2, 0) is 19.1 Å². The minimum atomic E-state index is -1.32. The van der Waals surface area contributed by atoms with Gasteiger partial charge in [0.15, 0.2) is 0 Å². The van der Waals surface area contributed by atoms with Gasteiger partial charge >= 0.3 is 6.09 Å². The van der Waals surface area contributed by atoms with E-state index in [1.807, 2.05) is 6.92 Å². The number of hydrogen-bond donors (Lipinski definition) is 4. The van der Waals surface area contributed by atoms with Gasteiger partial charge in [0.2, 0.25) is 17.7 Å². The molecule has 0 aliphatic carbocycles. The predicted molar refractivity (Wildman–Crippen MR) is 132 cm³/mol. The lowest BCUT2D eigenvalue weighted by Crippen LogP contribution is -2.54. The highest BCUT2D eigenvalue weighted by atomic mass is 16.6. The van der Waals surface area contributed by atoms with Crippen LogP contribution in [0.2, 0.25) is 0 Å². The van der Waals surface area contributed by atoms with Crippen LogP contribution >= 0.6 is 0 Å². The number of aromatic hydroxyl groups is 1. The molecule has 1 rings (SSSR count). The predicted octanol–water partition coefficient (Wildman–Crippen LogP) is 2.75. The van der Waals surface area contributed by atoms with Gasteiger partial charge < -0.3 is 31.1 Å². The lowest BCUT2D eigenvalue weighted by molar-refractivity contribution is -0.143. The van der Waals surface area contributed by atoms with Crippen molar-refractivity contribution in [2.75, 3.05) is 13.1 Å². The van der Waals surface area contributed by atoms with Crippen LogP contribution in [0.4, 0.5) is 4.79 Å². The molecule has 4 amide bonds. The standard InChI is InChI=1S/C25H40N4O6/c1-6-8-9-14-27-22(32)21(17-10-12-18(30)13-11-17)29(15-7-2)23(33)19(16-20(26)31)28-24(34)35-25(3,4)5/h10-13,19,21,30H,6-9,14-16H2,1-5H3,(H2,26,31)(H,27,32)(H,28,34). The molecule has 196 valence electrons. The number of phenols is 1. The molecule has 2 atom stereocenters. The quantitative estimate of drug-likeness (QED) is 0.311. The summed E-state index contributed by atoms with van der Waals surface area (Å²) in [6.45, 7) is 9.53. The molecule has 0 saturated carbocycles. The van der Waals surface area contributed by atoms with E-state index in [2.05, 4.69) is 17.6 Å². The average Bonchev–Trinajstić information content (AvgIpc) is 2.75. The summed E-state index contributed by atoms with van der Waals surface area (Å²) in [4.78, 5) is 52.4. The number of ether oxygens (including phenoxy) is 1. The zero-order valence-electron chi connectivity index (χ0n) is 21.4. The number of phenolic OH excluding ortho intramolecular Hbond substituents is 1. The van der Waals surface area contributed by atoms with E-state index in [0.29, 0.717) is 18.5 Å². The molecule has 0 heterocycles. The molecule has 0 saturated heterocycles. The van der Waals surface area contributed by atoms with Crippen molar-refractivity contribution in [3.8, 4) is 5.75 Å². The van der Waals surface area contributed by atoms with Crippen molar-refractivity contribution in [2.24, 2.45) is 5.73 Å². The lowest BCUT2D eigenvalue weighted by Gasteiger charge is -2.34. The number of hydrogen-bond acceptors (Lipinski definition) is 6. The van der Waals surface area contributed by atoms with Crippen molar-refractivity contribution in [3.63, 3.8) is 0 Å². The topological polar surface area (TPSA) is 151 Å². The van der Waals surface area contributed by atoms with Gasteiger partial charge in [-0.25, -0.2) is 4.79 Å². The molecule has 35 heavy (non-hydrogen) atoms. The number of carbonyl (C=O) groups excluding carboxylic acids is 4. The Balaban J connectivity index is 3.33. The van der Waals surface area contributed by atoms with E-state index in [4.69, 9.17) is 10.5 Å². The number of unbranched alkanes of at least 4 members (excludes halogenated alkanes) is 2. The monoisotopic (exact) mass is 492 g/mol. The summed E-state index contributed by atoms with van der Waals surface area (Å²) in [7, 11) is 0. The highest BCUT2D eigenvalue weighted by Crippen LogP contribution is 2.25. The summed E-state index contributed by atoms with van der Waals surface area (Å²) in [5, 5.41) is 15.0. The maximum absolute atomic E-state index is 13.7. The third-order valence-corrected chi connectivity index (χ3v) is 4.99. The van der Waals surface area contributed by atoms with Crippen molar-refractivity contribution in [1.29, 1.82) is 0 Å². The van der Waals surface area contributed by atoms with Crippen LogP contribution in [0.25, 0.3) is 0 Å². The normalized spacial score (nSPS) is 12.8. The van der Waals surface area contributed by atoms with Crippen LogP contribution in [0.5, 0.6) is 5.75 Å². The van der Waals surface area contributed by atoms with E-state index in [1.54, 1.807) is 32.9 Å². The van der Waals surface area contributed by atoms with Crippen molar-refractivity contribution in [3.05, 3.63) is 29.8 Å². The minimum Gasteiger partial charge on any atom is -0.508 e. The van der Waals surface area contributed by atoms with E-state index in [-0.39, 0.29) is 12.3 Å². The number of carbonyl (C=O) groups is 4. The van der Waals surface area contributed by atoms with Crippen LogP contribution in [0.3, 0.4) is 0 Å². The fraction of sp³-hybridized carbons (Fsp3) is 0.600. The van der Waals surface area contributed by atoms with E-state index in [9.17, 15) is 24.3 Å². The van der Waals surface area contributed by atoms with Crippen LogP contribution in [-0.4, -0.2) is 58.6 Å². The number of rotatable bonds is 13. The van der Waals surface area contributed by atoms with Crippen molar-refractivity contribution in [1.82, 2.24) is 15.5 Å². The first-order valence-corrected chi connectivity index (χ1v) is 12.0. The summed E-state index contributed by atoms with van der Waals surface area (Å²) >= 11 is 0. The Kier molecular flexibility index (Phi) is 12.0. The Hall–Kier alpha value is -3.30. The number of nitrogens with one attached hydrogen (secondary N) is 2. The summed E-state index contributed by atoms with van der Waals surface area (Å²) < 4.78 is 5.24. The molecule has 10 heteroatoms. The number of benzene rings is 1. The van der Waals surface area contributed by atoms with E-state index < -0.39 is 47.9 Å². The summed E-state index contributed by atoms with van der Waals surface area (Å²) in [6.07, 6.45) is 1.90. The van der Waals surface area contributed by atoms with E-state index in [1.165, 1.54) is 17.0 Å². The SMILES string of the molecule is CCCCCNC(=O)C(c1ccc(O)cc1)N(CCC)C(=O)C(CC(N)=O)NC(=O)OC(C)(C)C. The van der Waals surface area contributed by atoms with Crippen molar-refractivity contribution < 1.29 is 29.0 Å². The van der Waals surface area contributed by atoms with E-state index >= 15 is 0 Å². The molecule has 0 bridgehead atoms. The lowest BCUT2D eigenvalue weighted by atomic mass is 10.0. The van der Waals surface area contributed by atoms with Crippen molar-refractivity contribution in [2.45, 2.75) is 84.4 Å². The number of alkyl carbamates (subject to hydrolysis) is 1. The van der Waals surface area contributed by atoms with Gasteiger partial charge in [-0.2, -0.15) is 0 Å². The van der Waals surface area contributed by atoms with Crippen LogP contribution < -0.4 is 16.4 Å². The number of nitrogens with zero attached hydrogens (tertiary/aromatic N) is 1. The Morgan fingerprint density at radius 1 is 1.06 bits per heavy atom. The summed E-state index contributed by atoms with van der Waals surface area (Å²) in [6, 6.07) is 3.63.